The summed E-state index contributed by atoms with van der Waals surface area (Å²) in [6.45, 7) is 0.529. The Kier molecular flexibility index (Phi) is 6.35. The summed E-state index contributed by atoms with van der Waals surface area (Å²) in [7, 11) is 0. The average Bonchev–Trinajstić information content (AvgIpc) is 3.48. The van der Waals surface area contributed by atoms with E-state index in [-0.39, 0.29) is 12.3 Å². The van der Waals surface area contributed by atoms with Gasteiger partial charge in [0.1, 0.15) is 10.8 Å². The molecular weight excluding hydrogens is 446 g/mol. The summed E-state index contributed by atoms with van der Waals surface area (Å²) in [6, 6.07) is 9.45. The molecule has 2 aromatic heterocycles. The van der Waals surface area contributed by atoms with Gasteiger partial charge in [-0.05, 0) is 55.4 Å². The fourth-order valence-electron chi connectivity index (χ4n) is 3.49. The van der Waals surface area contributed by atoms with Gasteiger partial charge in [0.25, 0.3) is 0 Å². The number of aromatic nitrogens is 1. The van der Waals surface area contributed by atoms with Crippen molar-refractivity contribution in [3.05, 3.63) is 59.9 Å². The number of nitriles is 1. The molecule has 0 fully saturated rings. The summed E-state index contributed by atoms with van der Waals surface area (Å²) in [5.41, 5.74) is 2.41. The van der Waals surface area contributed by atoms with Crippen LogP contribution in [-0.4, -0.2) is 27.0 Å². The Morgan fingerprint density at radius 2 is 2.16 bits per heavy atom. The van der Waals surface area contributed by atoms with Gasteiger partial charge in [-0.15, -0.1) is 11.3 Å². The Balaban J connectivity index is 1.63. The van der Waals surface area contributed by atoms with E-state index in [0.29, 0.717) is 38.2 Å². The zero-order valence-electron chi connectivity index (χ0n) is 16.9. The minimum absolute atomic E-state index is 0.0744. The summed E-state index contributed by atoms with van der Waals surface area (Å²) in [4.78, 5) is 15.5. The van der Waals surface area contributed by atoms with Gasteiger partial charge in [-0.25, -0.2) is 0 Å². The molecule has 0 unspecified atom stereocenters. The molecule has 0 saturated heterocycles. The minimum Gasteiger partial charge on any atom is -0.493 e. The highest BCUT2D eigenvalue weighted by molar-refractivity contribution is 7.73. The summed E-state index contributed by atoms with van der Waals surface area (Å²) in [5, 5.41) is 30.3. The van der Waals surface area contributed by atoms with Gasteiger partial charge in [0, 0.05) is 35.7 Å². The fraction of sp³-hybridized carbons (Fsp3) is 0.217. The lowest BCUT2D eigenvalue weighted by Crippen LogP contribution is -2.04. The smallest absolute Gasteiger partial charge is 0.303 e. The van der Waals surface area contributed by atoms with E-state index in [9.17, 15) is 15.2 Å². The molecule has 0 amide bonds. The molecule has 4 rings (SSSR count). The number of carbonyl (C=O) groups is 1. The number of carboxylic acid groups (broad SMARTS) is 1. The molecule has 7 nitrogen and oxygen atoms in total. The lowest BCUT2D eigenvalue weighted by molar-refractivity contribution is -0.137. The number of aliphatic imine (C=N–C) groups is 1. The van der Waals surface area contributed by atoms with E-state index in [2.05, 4.69) is 11.1 Å². The summed E-state index contributed by atoms with van der Waals surface area (Å²) in [6.07, 6.45) is 7.43. The molecule has 1 aromatic carbocycles. The van der Waals surface area contributed by atoms with Crippen LogP contribution in [0.5, 0.6) is 5.88 Å². The van der Waals surface area contributed by atoms with Gasteiger partial charge in [-0.1, -0.05) is 6.42 Å². The molecule has 162 valence electrons. The van der Waals surface area contributed by atoms with Crippen LogP contribution in [0.3, 0.4) is 0 Å². The number of rotatable bonds is 7. The monoisotopic (exact) mass is 465 g/mol. The highest BCUT2D eigenvalue weighted by Gasteiger charge is 2.10. The number of nitrogens with zero attached hydrogens (tertiary/aromatic N) is 3. The first-order valence-corrected chi connectivity index (χ1v) is 11.2. The Hall–Kier alpha value is -3.48. The third kappa shape index (κ3) is 4.56. The Morgan fingerprint density at radius 3 is 2.94 bits per heavy atom. The molecule has 1 aliphatic rings. The molecule has 1 aliphatic heterocycles. The number of aromatic hydroxyl groups is 1. The predicted octanol–water partition coefficient (Wildman–Crippen LogP) is 3.71. The van der Waals surface area contributed by atoms with Crippen LogP contribution in [0.1, 0.15) is 36.1 Å². The van der Waals surface area contributed by atoms with E-state index in [1.165, 1.54) is 11.3 Å². The Morgan fingerprint density at radius 1 is 1.31 bits per heavy atom. The minimum atomic E-state index is -0.801. The van der Waals surface area contributed by atoms with Crippen LogP contribution in [0, 0.1) is 25.9 Å². The van der Waals surface area contributed by atoms with Crippen molar-refractivity contribution in [1.82, 2.24) is 4.57 Å². The second kappa shape index (κ2) is 9.34. The van der Waals surface area contributed by atoms with E-state index in [0.717, 1.165) is 29.0 Å². The van der Waals surface area contributed by atoms with Gasteiger partial charge >= 0.3 is 5.97 Å². The van der Waals surface area contributed by atoms with Crippen molar-refractivity contribution in [3.8, 4) is 11.9 Å². The fourth-order valence-corrected chi connectivity index (χ4v) is 4.79. The highest BCUT2D eigenvalue weighted by atomic mass is 32.1. The summed E-state index contributed by atoms with van der Waals surface area (Å²) < 4.78 is 8.15. The van der Waals surface area contributed by atoms with Crippen LogP contribution >= 0.6 is 23.6 Å². The number of aliphatic carboxylic acids is 1. The number of carboxylic acids is 1. The Labute approximate surface area is 191 Å². The molecule has 0 bridgehead atoms. The number of benzene rings is 1. The third-order valence-electron chi connectivity index (χ3n) is 5.08. The first-order chi connectivity index (χ1) is 15.5. The number of hydrogen-bond acceptors (Lipinski definition) is 7. The van der Waals surface area contributed by atoms with Crippen molar-refractivity contribution in [3.63, 3.8) is 0 Å². The molecular formula is C23H19N3O4S2. The van der Waals surface area contributed by atoms with Crippen LogP contribution in [0.2, 0.25) is 0 Å². The lowest BCUT2D eigenvalue weighted by atomic mass is 10.1. The maximum atomic E-state index is 10.6. The number of unbranched alkanes of at least 4 members (excludes halogenated alkanes) is 2. The number of fused-ring (bicyclic) bond motifs is 1. The molecule has 2 N–H and O–H groups in total. The largest absolute Gasteiger partial charge is 0.493 e. The van der Waals surface area contributed by atoms with Gasteiger partial charge in [-0.2, -0.15) is 5.26 Å². The van der Waals surface area contributed by atoms with E-state index < -0.39 is 5.97 Å². The maximum absolute atomic E-state index is 10.6. The van der Waals surface area contributed by atoms with Crippen LogP contribution in [0.25, 0.3) is 12.2 Å². The number of furan rings is 1. The average molecular weight is 466 g/mol. The lowest BCUT2D eigenvalue weighted by Gasteiger charge is -2.04. The quantitative estimate of drug-likeness (QED) is 0.406. The van der Waals surface area contributed by atoms with Crippen molar-refractivity contribution in [2.45, 2.75) is 32.2 Å². The zero-order chi connectivity index (χ0) is 22.7. The molecule has 0 saturated carbocycles. The van der Waals surface area contributed by atoms with Crippen molar-refractivity contribution in [2.75, 3.05) is 0 Å². The molecule has 0 spiro atoms. The molecule has 32 heavy (non-hydrogen) atoms. The van der Waals surface area contributed by atoms with Crippen molar-refractivity contribution >= 4 is 53.6 Å². The SMILES string of the molecule is N#Cc1cc(=c2ccc(=Cc3sc(=S)n(CCCCCC(=O)O)c3O)o2)cc2c1=CC=N2. The van der Waals surface area contributed by atoms with Crippen LogP contribution in [-0.2, 0) is 11.3 Å². The highest BCUT2D eigenvalue weighted by Crippen LogP contribution is 2.27. The van der Waals surface area contributed by atoms with E-state index in [1.54, 1.807) is 29.0 Å². The zero-order valence-corrected chi connectivity index (χ0v) is 18.6. The molecule has 0 aliphatic carbocycles. The van der Waals surface area contributed by atoms with E-state index >= 15 is 0 Å². The summed E-state index contributed by atoms with van der Waals surface area (Å²) in [5.74, 6) is -0.727. The summed E-state index contributed by atoms with van der Waals surface area (Å²) >= 11 is 6.66. The van der Waals surface area contributed by atoms with Crippen molar-refractivity contribution < 1.29 is 19.4 Å². The van der Waals surface area contributed by atoms with Gasteiger partial charge in [-0.3, -0.25) is 14.4 Å². The van der Waals surface area contributed by atoms with Crippen molar-refractivity contribution in [2.24, 2.45) is 4.99 Å². The van der Waals surface area contributed by atoms with Gasteiger partial charge < -0.3 is 14.6 Å². The normalized spacial score (nSPS) is 13.7. The molecule has 9 heteroatoms. The molecule has 0 atom stereocenters. The van der Waals surface area contributed by atoms with E-state index in [4.69, 9.17) is 21.7 Å². The predicted molar refractivity (Wildman–Crippen MR) is 124 cm³/mol. The maximum Gasteiger partial charge on any atom is 0.303 e. The standard InChI is InChI=1S/C23H19N3O4S2/c24-13-15-10-14(11-18-17(15)7-8-25-18)19-6-5-16(30-19)12-20-22(29)26(23(31)32-20)9-3-1-2-4-21(27)28/h5-8,10-12,29H,1-4,9H2,(H,27,28). The topological polar surface area (TPSA) is 112 Å². The second-order valence-electron chi connectivity index (χ2n) is 7.27. The molecule has 0 radical (unpaired) electrons. The van der Waals surface area contributed by atoms with Crippen molar-refractivity contribution in [1.29, 1.82) is 5.26 Å². The molecule has 3 aromatic rings. The first kappa shape index (κ1) is 21.7. The van der Waals surface area contributed by atoms with E-state index in [1.807, 2.05) is 18.2 Å². The number of thiazole rings is 1. The van der Waals surface area contributed by atoms with Crippen LogP contribution in [0.15, 0.2) is 33.7 Å². The van der Waals surface area contributed by atoms with Gasteiger partial charge in [0.05, 0.1) is 22.2 Å². The van der Waals surface area contributed by atoms with Crippen LogP contribution in [0.4, 0.5) is 5.69 Å². The van der Waals surface area contributed by atoms with Gasteiger partial charge in [0.15, 0.2) is 3.95 Å². The first-order valence-electron chi connectivity index (χ1n) is 10.0. The molecule has 3 heterocycles. The second-order valence-corrected chi connectivity index (χ2v) is 8.95. The Bertz CT molecular complexity index is 1540. The van der Waals surface area contributed by atoms with Gasteiger partial charge in [0.2, 0.25) is 5.88 Å². The van der Waals surface area contributed by atoms with Crippen LogP contribution < -0.4 is 10.6 Å². The number of hydrogen-bond donors (Lipinski definition) is 2. The third-order valence-corrected chi connectivity index (χ3v) is 6.47.